The molecule has 2 rings (SSSR count). The molecule has 6 heteroatoms. The lowest BCUT2D eigenvalue weighted by atomic mass is 10.0. The van der Waals surface area contributed by atoms with E-state index in [1.54, 1.807) is 19.5 Å². The molecule has 0 bridgehead atoms. The summed E-state index contributed by atoms with van der Waals surface area (Å²) in [6.07, 6.45) is 3.38. The molecule has 0 saturated carbocycles. The Morgan fingerprint density at radius 2 is 1.96 bits per heavy atom. The third-order valence-corrected chi connectivity index (χ3v) is 3.26. The highest BCUT2D eigenvalue weighted by Crippen LogP contribution is 2.42. The Balaban J connectivity index is 2.55. The number of nitrogens with one attached hydrogen (secondary N) is 1. The van der Waals surface area contributed by atoms with Gasteiger partial charge in [-0.2, -0.15) is 0 Å². The maximum Gasteiger partial charge on any atom is 0.152 e. The molecular weight excluding hydrogens is 294 g/mol. The van der Waals surface area contributed by atoms with Crippen LogP contribution >= 0.6 is 0 Å². The van der Waals surface area contributed by atoms with Crippen molar-refractivity contribution in [3.05, 3.63) is 30.6 Å². The van der Waals surface area contributed by atoms with E-state index in [2.05, 4.69) is 24.3 Å². The monoisotopic (exact) mass is 317 g/mol. The Bertz CT molecular complexity index is 660. The highest BCUT2D eigenvalue weighted by molar-refractivity contribution is 5.86. The van der Waals surface area contributed by atoms with Gasteiger partial charge < -0.3 is 15.2 Å². The van der Waals surface area contributed by atoms with E-state index in [1.807, 2.05) is 18.2 Å². The van der Waals surface area contributed by atoms with Gasteiger partial charge in [-0.15, -0.1) is 0 Å². The summed E-state index contributed by atoms with van der Waals surface area (Å²) in [6, 6.07) is 5.64. The van der Waals surface area contributed by atoms with Crippen LogP contribution in [-0.4, -0.2) is 25.8 Å². The van der Waals surface area contributed by atoms with E-state index in [9.17, 15) is 0 Å². The number of benzene rings is 1. The fourth-order valence-corrected chi connectivity index (χ4v) is 2.18. The predicted molar refractivity (Wildman–Crippen MR) is 91.6 cm³/mol. The van der Waals surface area contributed by atoms with Gasteiger partial charge in [0.2, 0.25) is 0 Å². The van der Waals surface area contributed by atoms with Crippen LogP contribution in [0.25, 0.3) is 11.1 Å². The van der Waals surface area contributed by atoms with Crippen LogP contribution in [0.2, 0.25) is 0 Å². The van der Waals surface area contributed by atoms with Crippen LogP contribution in [0.4, 0.5) is 11.4 Å². The number of rotatable bonds is 7. The van der Waals surface area contributed by atoms with Gasteiger partial charge in [0.1, 0.15) is 11.4 Å². The van der Waals surface area contributed by atoms with Crippen LogP contribution in [-0.2, 0) is 4.84 Å². The number of nitrogens with zero attached hydrogens (tertiary/aromatic N) is 1. The van der Waals surface area contributed by atoms with Crippen molar-refractivity contribution in [2.24, 2.45) is 5.92 Å². The zero-order valence-electron chi connectivity index (χ0n) is 13.9. The Hall–Kier alpha value is -2.47. The molecular formula is C17H23N3O3. The fourth-order valence-electron chi connectivity index (χ4n) is 2.18. The minimum absolute atomic E-state index is 0.376. The smallest absolute Gasteiger partial charge is 0.152 e. The maximum absolute atomic E-state index is 6.26. The normalized spacial score (nSPS) is 10.7. The van der Waals surface area contributed by atoms with Crippen molar-refractivity contribution in [2.45, 2.75) is 13.8 Å². The molecule has 1 heterocycles. The number of pyridine rings is 1. The average molecular weight is 317 g/mol. The molecule has 0 unspecified atom stereocenters. The van der Waals surface area contributed by atoms with E-state index in [-0.39, 0.29) is 0 Å². The minimum Gasteiger partial charge on any atom is -0.494 e. The minimum atomic E-state index is 0.376. The first-order chi connectivity index (χ1) is 11.1. The molecule has 2 aromatic rings. The first-order valence-electron chi connectivity index (χ1n) is 7.41. The van der Waals surface area contributed by atoms with Gasteiger partial charge in [-0.25, -0.2) is 0 Å². The summed E-state index contributed by atoms with van der Waals surface area (Å²) < 4.78 is 11.4. The molecule has 0 atom stereocenters. The molecule has 0 aliphatic rings. The standard InChI is InChI=1S/C17H23N3O3/c1-11(2)10-23-17-13(5-6-14(16(17)18)20-22-4)12-7-8-19-9-15(12)21-3/h5-9,11,20H,10,18H2,1-4H3. The fraction of sp³-hybridized carbons (Fsp3) is 0.353. The molecule has 0 aliphatic heterocycles. The second-order valence-electron chi connectivity index (χ2n) is 5.49. The highest BCUT2D eigenvalue weighted by atomic mass is 16.6. The average Bonchev–Trinajstić information content (AvgIpc) is 2.55. The first-order valence-corrected chi connectivity index (χ1v) is 7.41. The van der Waals surface area contributed by atoms with Crippen LogP contribution in [0.3, 0.4) is 0 Å². The number of ether oxygens (including phenoxy) is 2. The molecule has 0 fully saturated rings. The van der Waals surface area contributed by atoms with E-state index in [1.165, 1.54) is 7.11 Å². The zero-order chi connectivity index (χ0) is 16.8. The van der Waals surface area contributed by atoms with Crippen molar-refractivity contribution in [1.82, 2.24) is 4.98 Å². The quantitative estimate of drug-likeness (QED) is 0.602. The Labute approximate surface area is 136 Å². The summed E-state index contributed by atoms with van der Waals surface area (Å²) in [7, 11) is 3.15. The first kappa shape index (κ1) is 16.9. The van der Waals surface area contributed by atoms with Crippen LogP contribution < -0.4 is 20.7 Å². The third kappa shape index (κ3) is 3.84. The molecule has 3 N–H and O–H groups in total. The second-order valence-corrected chi connectivity index (χ2v) is 5.49. The van der Waals surface area contributed by atoms with Crippen molar-refractivity contribution in [3.8, 4) is 22.6 Å². The summed E-state index contributed by atoms with van der Waals surface area (Å²) >= 11 is 0. The summed E-state index contributed by atoms with van der Waals surface area (Å²) in [4.78, 5) is 9.05. The van der Waals surface area contributed by atoms with Crippen LogP contribution in [0, 0.1) is 5.92 Å². The van der Waals surface area contributed by atoms with Crippen LogP contribution in [0.1, 0.15) is 13.8 Å². The zero-order valence-corrected chi connectivity index (χ0v) is 13.9. The van der Waals surface area contributed by atoms with Crippen molar-refractivity contribution < 1.29 is 14.3 Å². The van der Waals surface area contributed by atoms with Crippen molar-refractivity contribution in [1.29, 1.82) is 0 Å². The number of hydrogen-bond acceptors (Lipinski definition) is 6. The number of nitrogen functional groups attached to an aromatic ring is 1. The van der Waals surface area contributed by atoms with Crippen molar-refractivity contribution >= 4 is 11.4 Å². The Kier molecular flexibility index (Phi) is 5.65. The molecule has 0 saturated heterocycles. The Morgan fingerprint density at radius 3 is 2.61 bits per heavy atom. The summed E-state index contributed by atoms with van der Waals surface area (Å²) in [5.74, 6) is 1.64. The van der Waals surface area contributed by atoms with Gasteiger partial charge in [0, 0.05) is 17.3 Å². The van der Waals surface area contributed by atoms with Crippen LogP contribution in [0.15, 0.2) is 30.6 Å². The molecule has 0 aliphatic carbocycles. The van der Waals surface area contributed by atoms with Crippen molar-refractivity contribution in [2.75, 3.05) is 32.0 Å². The van der Waals surface area contributed by atoms with E-state index in [0.717, 1.165) is 11.1 Å². The molecule has 1 aromatic heterocycles. The molecule has 0 radical (unpaired) electrons. The number of hydrogen-bond donors (Lipinski definition) is 2. The highest BCUT2D eigenvalue weighted by Gasteiger charge is 2.17. The number of methoxy groups -OCH3 is 1. The van der Waals surface area contributed by atoms with Gasteiger partial charge in [0.25, 0.3) is 0 Å². The Morgan fingerprint density at radius 1 is 1.17 bits per heavy atom. The number of nitrogens with two attached hydrogens (primary N) is 1. The van der Waals surface area contributed by atoms with Gasteiger partial charge in [0.05, 0.1) is 32.7 Å². The largest absolute Gasteiger partial charge is 0.494 e. The lowest BCUT2D eigenvalue weighted by molar-refractivity contribution is 0.267. The SMILES string of the molecule is CONc1ccc(-c2ccncc2OC)c(OCC(C)C)c1N. The molecule has 0 spiro atoms. The molecule has 6 nitrogen and oxygen atoms in total. The van der Waals surface area contributed by atoms with Gasteiger partial charge in [-0.3, -0.25) is 15.3 Å². The molecule has 1 aromatic carbocycles. The van der Waals surface area contributed by atoms with Gasteiger partial charge >= 0.3 is 0 Å². The van der Waals surface area contributed by atoms with Gasteiger partial charge in [-0.05, 0) is 24.1 Å². The number of anilines is 2. The molecule has 0 amide bonds. The number of aromatic nitrogens is 1. The van der Waals surface area contributed by atoms with Gasteiger partial charge in [-0.1, -0.05) is 13.8 Å². The lowest BCUT2D eigenvalue weighted by Gasteiger charge is -2.19. The second kappa shape index (κ2) is 7.69. The van der Waals surface area contributed by atoms with Gasteiger partial charge in [0.15, 0.2) is 5.75 Å². The summed E-state index contributed by atoms with van der Waals surface area (Å²) in [5, 5.41) is 0. The van der Waals surface area contributed by atoms with E-state index in [4.69, 9.17) is 20.0 Å². The summed E-state index contributed by atoms with van der Waals surface area (Å²) in [6.45, 7) is 4.72. The van der Waals surface area contributed by atoms with Crippen molar-refractivity contribution in [3.63, 3.8) is 0 Å². The van der Waals surface area contributed by atoms with E-state index in [0.29, 0.717) is 35.4 Å². The lowest BCUT2D eigenvalue weighted by Crippen LogP contribution is -2.09. The third-order valence-electron chi connectivity index (χ3n) is 3.26. The van der Waals surface area contributed by atoms with E-state index < -0.39 is 0 Å². The summed E-state index contributed by atoms with van der Waals surface area (Å²) in [5.41, 5.74) is 11.9. The topological polar surface area (TPSA) is 78.6 Å². The predicted octanol–water partition coefficient (Wildman–Crippen LogP) is 3.35. The van der Waals surface area contributed by atoms with E-state index >= 15 is 0 Å². The maximum atomic E-state index is 6.26. The van der Waals surface area contributed by atoms with Crippen LogP contribution in [0.5, 0.6) is 11.5 Å². The molecule has 124 valence electrons. The molecule has 23 heavy (non-hydrogen) atoms.